The van der Waals surface area contributed by atoms with Gasteiger partial charge in [-0.25, -0.2) is 9.59 Å². The third-order valence-corrected chi connectivity index (χ3v) is 27.9. The minimum atomic E-state index is -1.54. The minimum absolute atomic E-state index is 0.0526. The van der Waals surface area contributed by atoms with Crippen LogP contribution < -0.4 is 32.9 Å². The molecule has 0 radical (unpaired) electrons. The first-order valence-electron chi connectivity index (χ1n) is 42.5. The van der Waals surface area contributed by atoms with Gasteiger partial charge in [0.1, 0.15) is 41.6 Å². The normalized spacial score (nSPS) is 18.3. The van der Waals surface area contributed by atoms with Gasteiger partial charge in [0.25, 0.3) is 0 Å². The molecule has 2 aliphatic rings. The van der Waals surface area contributed by atoms with Crippen LogP contribution in [-0.2, 0) is 75.4 Å². The Hall–Kier alpha value is -7.11. The van der Waals surface area contributed by atoms with E-state index in [1.165, 1.54) is 14.2 Å². The van der Waals surface area contributed by atoms with Crippen molar-refractivity contribution in [2.24, 2.45) is 11.8 Å². The summed E-state index contributed by atoms with van der Waals surface area (Å²) in [4.78, 5) is 55.3. The zero-order valence-electron chi connectivity index (χ0n) is 76.1. The molecule has 13 atom stereocenters. The average Bonchev–Trinajstić information content (AvgIpc) is 1.68. The quantitative estimate of drug-likeness (QED) is 0.00655. The van der Waals surface area contributed by atoms with E-state index in [2.05, 4.69) is 51.4 Å². The molecule has 0 spiro atoms. The van der Waals surface area contributed by atoms with E-state index in [-0.39, 0.29) is 94.0 Å². The van der Waals surface area contributed by atoms with Crippen molar-refractivity contribution >= 4 is 99.5 Å². The molecule has 29 heteroatoms. The second-order valence-corrected chi connectivity index (χ2v) is 49.1. The van der Waals surface area contributed by atoms with Crippen LogP contribution in [-0.4, -0.2) is 173 Å². The molecule has 2 fully saturated rings. The monoisotopic (exact) mass is 1870 g/mol. The molecule has 9 rings (SSSR count). The van der Waals surface area contributed by atoms with Crippen molar-refractivity contribution in [2.45, 2.75) is 217 Å². The molecule has 670 valence electrons. The molecule has 22 nitrogen and oxygen atoms in total. The Morgan fingerprint density at radius 3 is 1.36 bits per heavy atom. The van der Waals surface area contributed by atoms with Crippen molar-refractivity contribution in [3.8, 4) is 34.5 Å². The minimum Gasteiger partial charge on any atom is -0.497 e. The van der Waals surface area contributed by atoms with Gasteiger partial charge in [-0.05, 0) is 110 Å². The van der Waals surface area contributed by atoms with Gasteiger partial charge in [-0.1, -0.05) is 63.0 Å². The number of rotatable bonds is 50. The zero-order valence-corrected chi connectivity index (χ0v) is 81.5. The second-order valence-electron chi connectivity index (χ2n) is 33.5. The van der Waals surface area contributed by atoms with Gasteiger partial charge >= 0.3 is 405 Å². The molecule has 7 aromatic carbocycles. The van der Waals surface area contributed by atoms with Crippen LogP contribution in [0.1, 0.15) is 150 Å². The van der Waals surface area contributed by atoms with Crippen LogP contribution in [0.5, 0.6) is 34.5 Å². The number of hydrogen-bond donors (Lipinski definition) is 0. The van der Waals surface area contributed by atoms with E-state index in [1.54, 1.807) is 74.9 Å². The number of methoxy groups -OCH3 is 4. The van der Waals surface area contributed by atoms with E-state index in [0.717, 1.165) is 68.1 Å². The summed E-state index contributed by atoms with van der Waals surface area (Å²) in [5.74, 6) is -0.877. The fraction of sp³-hybridized carbons (Fsp3) is 0.468. The Morgan fingerprint density at radius 1 is 0.504 bits per heavy atom. The molecule has 0 amide bonds. The van der Waals surface area contributed by atoms with Crippen LogP contribution >= 0.6 is 40.1 Å². The van der Waals surface area contributed by atoms with Crippen molar-refractivity contribution in [3.05, 3.63) is 233 Å². The predicted octanol–water partition coefficient (Wildman–Crippen LogP) is 20.2. The molecule has 0 saturated carbocycles. The number of esters is 4. The molecule has 7 aromatic rings. The van der Waals surface area contributed by atoms with Crippen molar-refractivity contribution in [2.75, 3.05) is 55.2 Å². The van der Waals surface area contributed by atoms with Gasteiger partial charge in [0, 0.05) is 38.8 Å². The van der Waals surface area contributed by atoms with Crippen LogP contribution in [0, 0.1) is 11.8 Å². The van der Waals surface area contributed by atoms with E-state index < -0.39 is 88.2 Å². The molecule has 5 unspecified atom stereocenters. The maximum Gasteiger partial charge on any atom is 0.342 e. The van der Waals surface area contributed by atoms with Crippen molar-refractivity contribution in [1.29, 1.82) is 2.56 Å². The molecular weight excluding hydrogens is 1740 g/mol. The van der Waals surface area contributed by atoms with Crippen LogP contribution in [0.15, 0.2) is 188 Å². The first-order valence-corrected chi connectivity index (χ1v) is 54.7. The van der Waals surface area contributed by atoms with Gasteiger partial charge in [0.15, 0.2) is 12.6 Å². The largest absolute Gasteiger partial charge is 0.497 e. The third-order valence-electron chi connectivity index (χ3n) is 20.3. The summed E-state index contributed by atoms with van der Waals surface area (Å²) in [5.41, 5.74) is 4.78. The average molecular weight is 1870 g/mol. The number of benzene rings is 7. The fourth-order valence-electron chi connectivity index (χ4n) is 13.3. The fourth-order valence-corrected chi connectivity index (χ4v) is 18.8. The van der Waals surface area contributed by atoms with Gasteiger partial charge in [-0.2, -0.15) is 0 Å². The van der Waals surface area contributed by atoms with Crippen molar-refractivity contribution in [3.63, 3.8) is 0 Å². The summed E-state index contributed by atoms with van der Waals surface area (Å²) in [6, 6.07) is 52.1. The number of aryl methyl sites for hydroxylation is 1. The summed E-state index contributed by atoms with van der Waals surface area (Å²) >= 11 is 2.00. The summed E-state index contributed by atoms with van der Waals surface area (Å²) in [7, 11) is 2.99. The third kappa shape index (κ3) is 33.9. The summed E-state index contributed by atoms with van der Waals surface area (Å²) in [5, 5.41) is 0. The maximum absolute atomic E-state index is 14.5. The number of carbonyl (C=O) groups is 4. The molecule has 0 aliphatic carbocycles. The number of hydrogen-bond acceptors (Lipinski definition) is 24. The van der Waals surface area contributed by atoms with Crippen LogP contribution in [0.3, 0.4) is 0 Å². The van der Waals surface area contributed by atoms with Crippen molar-refractivity contribution < 1.29 is 103 Å². The topological polar surface area (TPSA) is 234 Å². The smallest absolute Gasteiger partial charge is 0.342 e. The standard InChI is InChI=1S/C50H65O11PSSeSi.C44H61O11PSSi/c1-34(35(2)61-63-62)20-25-42(58-48(51)37-16-12-10-13-17-37)47-43(59-50(3,4)60-47)26-27-45(64-40-18-14-11-15-19-40)41-30-39(56-32-36-21-23-38(54-6)24-22-36)31-44(57-33-53-5)46(41)49(52)55-28-29-65(7,8)9;1-30(31(2)55-57-56)18-23-37(52-42(45)33-14-11-10-12-15-33)41-38(53-44(3,4)54-41)17-13-16-34-26-36(50-28-32-19-21-35(48-6)22-20-32)27-39(51-29-47-5)40(34)43(46)49-24-25-58(7,8)9/h10-25,30-31,34-35,42-43,45,47H,26-29,32-33,62H2,1-9H3;10-12,14-15,18-23,26-27,30-31,37-38,41H,13,16-17,24-25,28-29,56H2,1-9H3/b25-20-;23-18-/t34-,35+,42?,43+,45?,47-;30-,31+,37?,38+,41-/m11/s1/i62T;56T/t34-,35+,42?,43+,45?,47-,62?;30-,31+,37?,38+,41-,56?. The van der Waals surface area contributed by atoms with E-state index in [4.69, 9.17) is 86.7 Å². The summed E-state index contributed by atoms with van der Waals surface area (Å²) in [6.45, 7) is 29.7. The Labute approximate surface area is 751 Å². The zero-order chi connectivity index (χ0) is 90.7. The Kier molecular flexibility index (Phi) is 40.2. The van der Waals surface area contributed by atoms with Gasteiger partial charge in [-0.15, -0.1) is 0 Å². The van der Waals surface area contributed by atoms with Crippen LogP contribution in [0.2, 0.25) is 51.4 Å². The molecule has 0 bridgehead atoms. The van der Waals surface area contributed by atoms with Gasteiger partial charge in [0.05, 0.1) is 34.0 Å². The van der Waals surface area contributed by atoms with E-state index in [1.807, 2.05) is 171 Å². The van der Waals surface area contributed by atoms with Gasteiger partial charge in [-0.3, -0.25) is 0 Å². The molecular formula is C94H126O22P2S2SeSi2. The van der Waals surface area contributed by atoms with Crippen molar-refractivity contribution in [1.82, 2.24) is 0 Å². The molecule has 0 N–H and O–H groups in total. The second kappa shape index (κ2) is 50.4. The van der Waals surface area contributed by atoms with Crippen LogP contribution in [0.4, 0.5) is 0 Å². The Morgan fingerprint density at radius 2 is 0.927 bits per heavy atom. The SMILES string of the molecule is [3H]PSO[C@@H](C)[C@H](C)/C=C\C(OC(=O)c1ccccc1)[C@H]1OC(C)(C)O[C@H]1CCC([Se]c1ccccc1)c1cc(OCc2ccc(OC)cc2)cc(OCOC)c1C(=O)OCC[Si](C)(C)C.[3H]PSO[C@@H](C)[C@H](C)/C=C\C(OC(=O)c1ccccc1)[C@H]1OC(C)(C)O[C@H]1CCCc1cc(OCc2ccc(OC)cc2)cc(OCOC)c1C(=O)OCC[Si](C)(C)C. The maximum atomic E-state index is 14.5. The molecule has 2 aliphatic heterocycles. The molecule has 0 aromatic heterocycles. The van der Waals surface area contributed by atoms with E-state index in [0.29, 0.717) is 89.5 Å². The summed E-state index contributed by atoms with van der Waals surface area (Å²) < 4.78 is 125. The van der Waals surface area contributed by atoms with Gasteiger partial charge in [0.2, 0.25) is 0 Å². The Balaban J connectivity index is 0.000000312. The van der Waals surface area contributed by atoms with Crippen LogP contribution in [0.25, 0.3) is 0 Å². The number of ether oxygens (including phenoxy) is 16. The summed E-state index contributed by atoms with van der Waals surface area (Å²) in [6.07, 6.45) is 5.83. The number of carbonyl (C=O) groups excluding carboxylic acids is 4. The van der Waals surface area contributed by atoms with E-state index in [9.17, 15) is 19.2 Å². The van der Waals surface area contributed by atoms with Gasteiger partial charge < -0.3 is 42.1 Å². The molecule has 2 saturated heterocycles. The Bertz CT molecular complexity index is 4500. The molecule has 123 heavy (non-hydrogen) atoms. The molecule has 2 heterocycles. The first-order chi connectivity index (χ1) is 59.7. The first kappa shape index (κ1) is 98.1. The predicted molar refractivity (Wildman–Crippen MR) is 497 cm³/mol. The van der Waals surface area contributed by atoms with E-state index >= 15 is 0 Å².